The van der Waals surface area contributed by atoms with Crippen LogP contribution in [0.1, 0.15) is 18.9 Å². The number of ether oxygens (including phenoxy) is 1. The highest BCUT2D eigenvalue weighted by molar-refractivity contribution is 6.03. The minimum atomic E-state index is -0.350. The van der Waals surface area contributed by atoms with E-state index >= 15 is 0 Å². The number of hydrogen-bond donors (Lipinski definition) is 2. The van der Waals surface area contributed by atoms with Crippen LogP contribution in [0.15, 0.2) is 48.8 Å². The van der Waals surface area contributed by atoms with Crippen LogP contribution in [0, 0.1) is 6.92 Å². The second-order valence-electron chi connectivity index (χ2n) is 5.51. The number of rotatable bonds is 7. The molecule has 1 aromatic heterocycles. The first-order valence-electron chi connectivity index (χ1n) is 7.73. The zero-order valence-electron chi connectivity index (χ0n) is 13.8. The Labute approximate surface area is 141 Å². The van der Waals surface area contributed by atoms with Gasteiger partial charge in [-0.25, -0.2) is 0 Å². The Morgan fingerprint density at radius 3 is 2.58 bits per heavy atom. The van der Waals surface area contributed by atoms with Gasteiger partial charge in [-0.3, -0.25) is 14.6 Å². The van der Waals surface area contributed by atoms with Crippen molar-refractivity contribution in [3.8, 4) is 5.75 Å². The van der Waals surface area contributed by atoms with Gasteiger partial charge in [-0.15, -0.1) is 0 Å². The van der Waals surface area contributed by atoms with E-state index in [4.69, 9.17) is 4.74 Å². The molecule has 1 atom stereocenters. The van der Waals surface area contributed by atoms with Gasteiger partial charge in [0.2, 0.25) is 11.8 Å². The van der Waals surface area contributed by atoms with Crippen molar-refractivity contribution in [1.29, 1.82) is 0 Å². The Bertz CT molecular complexity index is 672. The summed E-state index contributed by atoms with van der Waals surface area (Å²) in [6, 6.07) is 11.0. The standard InChI is InChI=1S/C18H21N3O3/c1-13-5-7-15(8-6-13)21-18(23)10-17(22)20-11-14(2)24-16-4-3-9-19-12-16/h3-9,12,14H,10-11H2,1-2H3,(H,20,22)(H,21,23)/t14-/m1/s1. The van der Waals surface area contributed by atoms with Crippen LogP contribution in [0.3, 0.4) is 0 Å². The van der Waals surface area contributed by atoms with Crippen LogP contribution in [0.4, 0.5) is 5.69 Å². The average molecular weight is 327 g/mol. The molecule has 2 N–H and O–H groups in total. The largest absolute Gasteiger partial charge is 0.487 e. The molecule has 0 saturated heterocycles. The monoisotopic (exact) mass is 327 g/mol. The molecule has 0 bridgehead atoms. The summed E-state index contributed by atoms with van der Waals surface area (Å²) in [5.74, 6) is -0.0604. The molecular weight excluding hydrogens is 306 g/mol. The molecule has 0 aliphatic carbocycles. The van der Waals surface area contributed by atoms with Gasteiger partial charge in [0.1, 0.15) is 18.3 Å². The number of nitrogens with zero attached hydrogens (tertiary/aromatic N) is 1. The van der Waals surface area contributed by atoms with Crippen molar-refractivity contribution < 1.29 is 14.3 Å². The number of amides is 2. The minimum absolute atomic E-state index is 0.224. The van der Waals surface area contributed by atoms with Gasteiger partial charge in [-0.2, -0.15) is 0 Å². The van der Waals surface area contributed by atoms with Crippen molar-refractivity contribution in [2.45, 2.75) is 26.4 Å². The fraction of sp³-hybridized carbons (Fsp3) is 0.278. The number of carbonyl (C=O) groups is 2. The molecular formula is C18H21N3O3. The molecule has 0 aliphatic rings. The Kier molecular flexibility index (Phi) is 6.31. The lowest BCUT2D eigenvalue weighted by Crippen LogP contribution is -2.35. The highest BCUT2D eigenvalue weighted by Gasteiger charge is 2.11. The normalized spacial score (nSPS) is 11.4. The van der Waals surface area contributed by atoms with E-state index in [-0.39, 0.29) is 24.3 Å². The van der Waals surface area contributed by atoms with Crippen LogP contribution in [0.2, 0.25) is 0 Å². The summed E-state index contributed by atoms with van der Waals surface area (Å²) in [4.78, 5) is 27.6. The Morgan fingerprint density at radius 1 is 1.17 bits per heavy atom. The topological polar surface area (TPSA) is 80.3 Å². The van der Waals surface area contributed by atoms with Crippen LogP contribution in [0.5, 0.6) is 5.75 Å². The van der Waals surface area contributed by atoms with Gasteiger partial charge in [0, 0.05) is 11.9 Å². The molecule has 126 valence electrons. The predicted molar refractivity (Wildman–Crippen MR) is 91.8 cm³/mol. The van der Waals surface area contributed by atoms with Gasteiger partial charge in [-0.05, 0) is 38.1 Å². The molecule has 6 heteroatoms. The molecule has 0 unspecified atom stereocenters. The van der Waals surface area contributed by atoms with Crippen molar-refractivity contribution in [1.82, 2.24) is 10.3 Å². The van der Waals surface area contributed by atoms with E-state index in [1.165, 1.54) is 0 Å². The zero-order chi connectivity index (χ0) is 17.4. The molecule has 2 aromatic rings. The molecule has 0 aliphatic heterocycles. The SMILES string of the molecule is Cc1ccc(NC(=O)CC(=O)NC[C@@H](C)Oc2cccnc2)cc1. The Balaban J connectivity index is 1.70. The van der Waals surface area contributed by atoms with Gasteiger partial charge >= 0.3 is 0 Å². The lowest BCUT2D eigenvalue weighted by atomic mass is 10.2. The first-order chi connectivity index (χ1) is 11.5. The van der Waals surface area contributed by atoms with Crippen molar-refractivity contribution in [3.05, 3.63) is 54.4 Å². The van der Waals surface area contributed by atoms with Crippen molar-refractivity contribution in [2.24, 2.45) is 0 Å². The fourth-order valence-electron chi connectivity index (χ4n) is 2.00. The molecule has 24 heavy (non-hydrogen) atoms. The third-order valence-electron chi connectivity index (χ3n) is 3.21. The second kappa shape index (κ2) is 8.67. The maximum Gasteiger partial charge on any atom is 0.233 e. The number of anilines is 1. The summed E-state index contributed by atoms with van der Waals surface area (Å²) in [6.45, 7) is 4.11. The molecule has 0 radical (unpaired) electrons. The van der Waals surface area contributed by atoms with Crippen molar-refractivity contribution >= 4 is 17.5 Å². The molecule has 1 aromatic carbocycles. The van der Waals surface area contributed by atoms with Gasteiger partial charge in [0.25, 0.3) is 0 Å². The lowest BCUT2D eigenvalue weighted by Gasteiger charge is -2.15. The van der Waals surface area contributed by atoms with E-state index in [1.807, 2.05) is 26.0 Å². The van der Waals surface area contributed by atoms with Gasteiger partial charge in [0.05, 0.1) is 12.7 Å². The molecule has 1 heterocycles. The third kappa shape index (κ3) is 6.08. The number of aromatic nitrogens is 1. The zero-order valence-corrected chi connectivity index (χ0v) is 13.8. The summed E-state index contributed by atoms with van der Waals surface area (Å²) in [5, 5.41) is 5.37. The van der Waals surface area contributed by atoms with Gasteiger partial charge in [-0.1, -0.05) is 17.7 Å². The maximum atomic E-state index is 11.8. The van der Waals surface area contributed by atoms with Crippen LogP contribution in [-0.2, 0) is 9.59 Å². The van der Waals surface area contributed by atoms with Crippen molar-refractivity contribution in [3.63, 3.8) is 0 Å². The molecule has 0 saturated carbocycles. The first kappa shape index (κ1) is 17.5. The van der Waals surface area contributed by atoms with Gasteiger partial charge in [0.15, 0.2) is 0 Å². The summed E-state index contributed by atoms with van der Waals surface area (Å²) in [7, 11) is 0. The highest BCUT2D eigenvalue weighted by Crippen LogP contribution is 2.09. The number of benzene rings is 1. The summed E-state index contributed by atoms with van der Waals surface area (Å²) >= 11 is 0. The van der Waals surface area contributed by atoms with Crippen LogP contribution in [-0.4, -0.2) is 29.4 Å². The number of hydrogen-bond acceptors (Lipinski definition) is 4. The third-order valence-corrected chi connectivity index (χ3v) is 3.21. The number of carbonyl (C=O) groups excluding carboxylic acids is 2. The van der Waals surface area contributed by atoms with E-state index in [2.05, 4.69) is 15.6 Å². The van der Waals surface area contributed by atoms with Gasteiger partial charge < -0.3 is 15.4 Å². The smallest absolute Gasteiger partial charge is 0.233 e. The molecule has 0 fully saturated rings. The minimum Gasteiger partial charge on any atom is -0.487 e. The molecule has 6 nitrogen and oxygen atoms in total. The maximum absolute atomic E-state index is 11.8. The van der Waals surface area contributed by atoms with Crippen LogP contribution in [0.25, 0.3) is 0 Å². The van der Waals surface area contributed by atoms with E-state index in [9.17, 15) is 9.59 Å². The first-order valence-corrected chi connectivity index (χ1v) is 7.73. The van der Waals surface area contributed by atoms with Crippen molar-refractivity contribution in [2.75, 3.05) is 11.9 Å². The fourth-order valence-corrected chi connectivity index (χ4v) is 2.00. The highest BCUT2D eigenvalue weighted by atomic mass is 16.5. The molecule has 2 amide bonds. The number of aryl methyl sites for hydroxylation is 1. The predicted octanol–water partition coefficient (Wildman–Crippen LogP) is 2.30. The van der Waals surface area contributed by atoms with Crippen LogP contribution < -0.4 is 15.4 Å². The van der Waals surface area contributed by atoms with E-state index < -0.39 is 0 Å². The Hall–Kier alpha value is -2.89. The number of nitrogens with one attached hydrogen (secondary N) is 2. The summed E-state index contributed by atoms with van der Waals surface area (Å²) < 4.78 is 5.60. The average Bonchev–Trinajstić information content (AvgIpc) is 2.56. The lowest BCUT2D eigenvalue weighted by molar-refractivity contribution is -0.127. The quantitative estimate of drug-likeness (QED) is 0.765. The number of pyridine rings is 1. The molecule has 0 spiro atoms. The molecule has 2 rings (SSSR count). The summed E-state index contributed by atoms with van der Waals surface area (Å²) in [6.07, 6.45) is 2.81. The second-order valence-corrected chi connectivity index (χ2v) is 5.51. The summed E-state index contributed by atoms with van der Waals surface area (Å²) in [5.41, 5.74) is 1.78. The van der Waals surface area contributed by atoms with Crippen LogP contribution >= 0.6 is 0 Å². The Morgan fingerprint density at radius 2 is 1.92 bits per heavy atom. The van der Waals surface area contributed by atoms with E-state index in [0.717, 1.165) is 5.56 Å². The van der Waals surface area contributed by atoms with E-state index in [1.54, 1.807) is 36.7 Å². The van der Waals surface area contributed by atoms with E-state index in [0.29, 0.717) is 18.0 Å².